The lowest BCUT2D eigenvalue weighted by molar-refractivity contribution is -0.150. The van der Waals surface area contributed by atoms with Gasteiger partial charge in [-0.1, -0.05) is 131 Å². The van der Waals surface area contributed by atoms with Crippen LogP contribution in [0.25, 0.3) is 0 Å². The second-order valence-corrected chi connectivity index (χ2v) is 19.4. The molecule has 0 spiro atoms. The maximum atomic E-state index is 12.7. The topological polar surface area (TPSA) is 82.1 Å². The predicted octanol–water partition coefficient (Wildman–Crippen LogP) is 13.6. The van der Waals surface area contributed by atoms with E-state index in [2.05, 4.69) is 46.6 Å². The smallest absolute Gasteiger partial charge is 0.306 e. The lowest BCUT2D eigenvalue weighted by Gasteiger charge is -2.47. The molecule has 0 aromatic carbocycles. The van der Waals surface area contributed by atoms with Crippen molar-refractivity contribution in [2.45, 2.75) is 240 Å². The number of hydrogen-bond acceptors (Lipinski definition) is 7. The van der Waals surface area contributed by atoms with Crippen LogP contribution in [0.15, 0.2) is 0 Å². The minimum absolute atomic E-state index is 0.00226. The van der Waals surface area contributed by atoms with Gasteiger partial charge in [-0.15, -0.1) is 0 Å². The Morgan fingerprint density at radius 2 is 1.12 bits per heavy atom. The maximum absolute atomic E-state index is 12.7. The molecule has 0 N–H and O–H groups in total. The number of unbranched alkanes of at least 4 members (excludes halogenated alkanes) is 13. The van der Waals surface area contributed by atoms with Gasteiger partial charge < -0.3 is 19.1 Å². The molecule has 2 saturated carbocycles. The Balaban J connectivity index is 1.57. The van der Waals surface area contributed by atoms with Crippen LogP contribution in [0.5, 0.6) is 0 Å². The summed E-state index contributed by atoms with van der Waals surface area (Å²) in [6.07, 6.45) is 33.7. The number of ether oxygens (including phenoxy) is 3. The minimum atomic E-state index is -0.0549. The molecule has 57 heavy (non-hydrogen) atoms. The Morgan fingerprint density at radius 3 is 1.72 bits per heavy atom. The number of rotatable bonds is 36. The molecule has 3 atom stereocenters. The first-order chi connectivity index (χ1) is 27.6. The fraction of sp³-hybridized carbons (Fsp3) is 0.940. The molecule has 0 amide bonds. The molecule has 0 aromatic heterocycles. The van der Waals surface area contributed by atoms with Crippen LogP contribution in [-0.4, -0.2) is 62.3 Å². The van der Waals surface area contributed by atoms with E-state index in [9.17, 15) is 14.4 Å². The Hall–Kier alpha value is -1.63. The largest absolute Gasteiger partial charge is 0.466 e. The molecule has 334 valence electrons. The third-order valence-corrected chi connectivity index (χ3v) is 13.3. The standard InChI is InChI=1S/C50H93NO6/c1-7-10-19-26-43(27-20-11-8-2)32-35-56-47(52)30-23-17-14-16-22-29-46(57-48(53)31-25-33-51(6)9-3)28-21-15-12-13-18-24-34-55-49(54)41-50(5)39-44-36-42(4)37-45(38-44)40-50/h42-46H,7-41H2,1-6H3. The summed E-state index contributed by atoms with van der Waals surface area (Å²) < 4.78 is 17.4. The highest BCUT2D eigenvalue weighted by Crippen LogP contribution is 2.51. The van der Waals surface area contributed by atoms with E-state index in [0.717, 1.165) is 127 Å². The van der Waals surface area contributed by atoms with E-state index in [-0.39, 0.29) is 29.4 Å². The Morgan fingerprint density at radius 1 is 0.596 bits per heavy atom. The molecule has 2 fully saturated rings. The Labute approximate surface area is 352 Å². The van der Waals surface area contributed by atoms with Crippen molar-refractivity contribution in [3.05, 3.63) is 0 Å². The molecular weight excluding hydrogens is 711 g/mol. The Bertz CT molecular complexity index is 1000. The van der Waals surface area contributed by atoms with Gasteiger partial charge in [0.1, 0.15) is 6.10 Å². The summed E-state index contributed by atoms with van der Waals surface area (Å²) >= 11 is 0. The van der Waals surface area contributed by atoms with Crippen LogP contribution in [0.3, 0.4) is 0 Å². The Kier molecular flexibility index (Phi) is 29.1. The van der Waals surface area contributed by atoms with Gasteiger partial charge in [0.25, 0.3) is 0 Å². The second kappa shape index (κ2) is 32.2. The lowest BCUT2D eigenvalue weighted by Crippen LogP contribution is -2.37. The van der Waals surface area contributed by atoms with Crippen molar-refractivity contribution in [2.24, 2.45) is 29.1 Å². The highest BCUT2D eigenvalue weighted by Gasteiger charge is 2.42. The van der Waals surface area contributed by atoms with Crippen molar-refractivity contribution < 1.29 is 28.6 Å². The first-order valence-electron chi connectivity index (χ1n) is 24.7. The van der Waals surface area contributed by atoms with Crippen molar-refractivity contribution >= 4 is 17.9 Å². The zero-order valence-corrected chi connectivity index (χ0v) is 38.5. The summed E-state index contributed by atoms with van der Waals surface area (Å²) in [5, 5.41) is 0. The van der Waals surface area contributed by atoms with Crippen molar-refractivity contribution in [1.82, 2.24) is 4.90 Å². The zero-order chi connectivity index (χ0) is 41.6. The average molecular weight is 804 g/mol. The molecule has 0 aliphatic heterocycles. The first kappa shape index (κ1) is 51.5. The SMILES string of the molecule is CCCCCC(CCCCC)CCOC(=O)CCCCCCCC(CCCCCCCCOC(=O)CC1(C)CC2CC(C)CC(C2)C1)OC(=O)CCCN(C)CC. The van der Waals surface area contributed by atoms with E-state index in [1.807, 2.05) is 0 Å². The quantitative estimate of drug-likeness (QED) is 0.0354. The number of fused-ring (bicyclic) bond motifs is 2. The summed E-state index contributed by atoms with van der Waals surface area (Å²) in [5.41, 5.74) is 0.129. The number of carbonyl (C=O) groups is 3. The van der Waals surface area contributed by atoms with E-state index in [1.54, 1.807) is 0 Å². The fourth-order valence-corrected chi connectivity index (χ4v) is 10.2. The van der Waals surface area contributed by atoms with E-state index >= 15 is 0 Å². The number of carbonyl (C=O) groups excluding carboxylic acids is 3. The highest BCUT2D eigenvalue weighted by molar-refractivity contribution is 5.70. The monoisotopic (exact) mass is 804 g/mol. The molecule has 2 bridgehead atoms. The molecule has 2 rings (SSSR count). The maximum Gasteiger partial charge on any atom is 0.306 e. The van der Waals surface area contributed by atoms with Crippen LogP contribution in [0.4, 0.5) is 0 Å². The molecule has 0 saturated heterocycles. The number of esters is 3. The van der Waals surface area contributed by atoms with Crippen LogP contribution >= 0.6 is 0 Å². The summed E-state index contributed by atoms with van der Waals surface area (Å²) in [5.74, 6) is 3.07. The van der Waals surface area contributed by atoms with Gasteiger partial charge in [0.2, 0.25) is 0 Å². The van der Waals surface area contributed by atoms with Crippen molar-refractivity contribution in [2.75, 3.05) is 33.4 Å². The highest BCUT2D eigenvalue weighted by atomic mass is 16.5. The fourth-order valence-electron chi connectivity index (χ4n) is 10.2. The molecule has 2 aliphatic carbocycles. The predicted molar refractivity (Wildman–Crippen MR) is 237 cm³/mol. The summed E-state index contributed by atoms with van der Waals surface area (Å²) in [6, 6.07) is 0. The van der Waals surface area contributed by atoms with Gasteiger partial charge in [0.15, 0.2) is 0 Å². The summed E-state index contributed by atoms with van der Waals surface area (Å²) in [6.45, 7) is 14.4. The summed E-state index contributed by atoms with van der Waals surface area (Å²) in [4.78, 5) is 40.1. The van der Waals surface area contributed by atoms with Crippen LogP contribution < -0.4 is 0 Å². The molecule has 3 unspecified atom stereocenters. The van der Waals surface area contributed by atoms with E-state index < -0.39 is 0 Å². The van der Waals surface area contributed by atoms with Gasteiger partial charge in [-0.3, -0.25) is 14.4 Å². The molecule has 0 aromatic rings. The zero-order valence-electron chi connectivity index (χ0n) is 38.5. The van der Waals surface area contributed by atoms with E-state index in [0.29, 0.717) is 38.4 Å². The van der Waals surface area contributed by atoms with Gasteiger partial charge >= 0.3 is 17.9 Å². The molecule has 0 radical (unpaired) electrons. The lowest BCUT2D eigenvalue weighted by atomic mass is 9.58. The third-order valence-electron chi connectivity index (χ3n) is 13.3. The molecule has 7 nitrogen and oxygen atoms in total. The van der Waals surface area contributed by atoms with Crippen LogP contribution in [0.2, 0.25) is 0 Å². The first-order valence-corrected chi connectivity index (χ1v) is 24.7. The normalized spacial score (nSPS) is 21.2. The second-order valence-electron chi connectivity index (χ2n) is 19.4. The van der Waals surface area contributed by atoms with E-state index in [4.69, 9.17) is 14.2 Å². The van der Waals surface area contributed by atoms with Crippen LogP contribution in [0, 0.1) is 29.1 Å². The molecule has 2 aliphatic rings. The summed E-state index contributed by atoms with van der Waals surface area (Å²) in [7, 11) is 2.09. The van der Waals surface area contributed by atoms with Gasteiger partial charge in [0, 0.05) is 12.8 Å². The van der Waals surface area contributed by atoms with Gasteiger partial charge in [-0.05, 0) is 133 Å². The van der Waals surface area contributed by atoms with Crippen molar-refractivity contribution in [3.63, 3.8) is 0 Å². The van der Waals surface area contributed by atoms with Crippen molar-refractivity contribution in [3.8, 4) is 0 Å². The van der Waals surface area contributed by atoms with Crippen molar-refractivity contribution in [1.29, 1.82) is 0 Å². The number of nitrogens with zero attached hydrogens (tertiary/aromatic N) is 1. The van der Waals surface area contributed by atoms with Gasteiger partial charge in [0.05, 0.1) is 19.6 Å². The van der Waals surface area contributed by atoms with Crippen LogP contribution in [-0.2, 0) is 28.6 Å². The molecular formula is C50H93NO6. The average Bonchev–Trinajstić information content (AvgIpc) is 3.15. The van der Waals surface area contributed by atoms with Gasteiger partial charge in [-0.25, -0.2) is 0 Å². The molecule has 7 heteroatoms. The third kappa shape index (κ3) is 26.2. The van der Waals surface area contributed by atoms with Gasteiger partial charge in [-0.2, -0.15) is 0 Å². The van der Waals surface area contributed by atoms with Crippen LogP contribution in [0.1, 0.15) is 234 Å². The minimum Gasteiger partial charge on any atom is -0.466 e. The number of hydrogen-bond donors (Lipinski definition) is 0. The molecule has 0 heterocycles. The van der Waals surface area contributed by atoms with E-state index in [1.165, 1.54) is 83.5 Å².